The molecule has 114 valence electrons. The van der Waals surface area contributed by atoms with Crippen LogP contribution in [-0.4, -0.2) is 18.5 Å². The smallest absolute Gasteiger partial charge is 0.312 e. The molecule has 1 aromatic heterocycles. The summed E-state index contributed by atoms with van der Waals surface area (Å²) in [7, 11) is 0. The lowest BCUT2D eigenvalue weighted by atomic mass is 10.1. The molecule has 3 amide bonds. The van der Waals surface area contributed by atoms with E-state index >= 15 is 0 Å². The Morgan fingerprint density at radius 2 is 2.14 bits per heavy atom. The van der Waals surface area contributed by atoms with Crippen LogP contribution in [0.4, 0.5) is 21.2 Å². The minimum absolute atomic E-state index is 0.142. The zero-order valence-corrected chi connectivity index (χ0v) is 13.1. The molecule has 0 unspecified atom stereocenters. The Labute approximate surface area is 132 Å². The first-order chi connectivity index (χ1) is 10.6. The van der Waals surface area contributed by atoms with Gasteiger partial charge in [0, 0.05) is 24.3 Å². The largest absolute Gasteiger partial charge is 0.324 e. The Kier molecular flexibility index (Phi) is 4.11. The second-order valence-corrected chi connectivity index (χ2v) is 6.15. The first kappa shape index (κ1) is 14.6. The highest BCUT2D eigenvalue weighted by Gasteiger charge is 2.23. The molecule has 0 aliphatic carbocycles. The van der Waals surface area contributed by atoms with Crippen molar-refractivity contribution in [3.8, 4) is 0 Å². The van der Waals surface area contributed by atoms with E-state index in [1.165, 1.54) is 11.3 Å². The molecule has 0 spiro atoms. The number of thiophene rings is 1. The zero-order valence-electron chi connectivity index (χ0n) is 12.3. The number of benzene rings is 1. The molecule has 0 saturated carbocycles. The fourth-order valence-electron chi connectivity index (χ4n) is 2.50. The topological polar surface area (TPSA) is 61.4 Å². The Bertz CT molecular complexity index is 697. The van der Waals surface area contributed by atoms with E-state index in [1.54, 1.807) is 4.90 Å². The highest BCUT2D eigenvalue weighted by atomic mass is 32.1. The molecule has 0 bridgehead atoms. The van der Waals surface area contributed by atoms with Crippen LogP contribution in [0.15, 0.2) is 35.7 Å². The maximum absolute atomic E-state index is 12.0. The molecule has 6 heteroatoms. The second kappa shape index (κ2) is 6.19. The molecule has 1 aliphatic rings. The highest BCUT2D eigenvalue weighted by Crippen LogP contribution is 2.28. The standard InChI is InChI=1S/C16H17N3O2S/c1-11-6-7-12(10-13(11)19-8-2-5-15(19)20)17-16(21)18-14-4-3-9-22-14/h3-4,6-7,9-10H,2,5,8H2,1H3,(H2,17,18,21). The van der Waals surface area contributed by atoms with Gasteiger partial charge in [-0.1, -0.05) is 6.07 Å². The Hall–Kier alpha value is -2.34. The monoisotopic (exact) mass is 315 g/mol. The number of nitrogens with one attached hydrogen (secondary N) is 2. The van der Waals surface area contributed by atoms with Crippen LogP contribution in [0.2, 0.25) is 0 Å². The number of carbonyl (C=O) groups is 2. The van der Waals surface area contributed by atoms with Crippen LogP contribution >= 0.6 is 11.3 Å². The highest BCUT2D eigenvalue weighted by molar-refractivity contribution is 7.14. The van der Waals surface area contributed by atoms with Crippen molar-refractivity contribution < 1.29 is 9.59 Å². The van der Waals surface area contributed by atoms with Crippen molar-refractivity contribution in [2.45, 2.75) is 19.8 Å². The van der Waals surface area contributed by atoms with E-state index in [0.29, 0.717) is 12.1 Å². The normalized spacial score (nSPS) is 14.2. The molecular formula is C16H17N3O2S. The summed E-state index contributed by atoms with van der Waals surface area (Å²) in [5, 5.41) is 8.27. The molecule has 1 saturated heterocycles. The zero-order chi connectivity index (χ0) is 15.5. The number of rotatable bonds is 3. The van der Waals surface area contributed by atoms with Crippen LogP contribution in [0.5, 0.6) is 0 Å². The fraction of sp³-hybridized carbons (Fsp3) is 0.250. The van der Waals surface area contributed by atoms with Crippen LogP contribution in [0.3, 0.4) is 0 Å². The van der Waals surface area contributed by atoms with Gasteiger partial charge in [-0.05, 0) is 48.6 Å². The summed E-state index contributed by atoms with van der Waals surface area (Å²) in [5.74, 6) is 0.142. The molecule has 2 heterocycles. The van der Waals surface area contributed by atoms with E-state index < -0.39 is 0 Å². The minimum atomic E-state index is -0.287. The van der Waals surface area contributed by atoms with Crippen molar-refractivity contribution in [2.24, 2.45) is 0 Å². The number of anilines is 3. The third kappa shape index (κ3) is 3.12. The van der Waals surface area contributed by atoms with E-state index in [2.05, 4.69) is 10.6 Å². The lowest BCUT2D eigenvalue weighted by molar-refractivity contribution is -0.117. The predicted octanol–water partition coefficient (Wildman–Crippen LogP) is 3.83. The number of nitrogens with zero attached hydrogens (tertiary/aromatic N) is 1. The number of hydrogen-bond donors (Lipinski definition) is 2. The van der Waals surface area contributed by atoms with Crippen molar-refractivity contribution in [1.82, 2.24) is 0 Å². The van der Waals surface area contributed by atoms with Gasteiger partial charge in [-0.15, -0.1) is 11.3 Å². The summed E-state index contributed by atoms with van der Waals surface area (Å²) >= 11 is 1.46. The average molecular weight is 315 g/mol. The lowest BCUT2D eigenvalue weighted by Crippen LogP contribution is -2.25. The molecular weight excluding hydrogens is 298 g/mol. The number of urea groups is 1. The van der Waals surface area contributed by atoms with Gasteiger partial charge >= 0.3 is 6.03 Å². The minimum Gasteiger partial charge on any atom is -0.312 e. The molecule has 3 rings (SSSR count). The fourth-order valence-corrected chi connectivity index (χ4v) is 3.12. The molecule has 1 fully saturated rings. The second-order valence-electron chi connectivity index (χ2n) is 5.21. The third-order valence-electron chi connectivity index (χ3n) is 3.59. The van der Waals surface area contributed by atoms with Crippen molar-refractivity contribution in [2.75, 3.05) is 22.1 Å². The summed E-state index contributed by atoms with van der Waals surface area (Å²) in [4.78, 5) is 25.7. The van der Waals surface area contributed by atoms with Crippen LogP contribution in [-0.2, 0) is 4.79 Å². The number of hydrogen-bond acceptors (Lipinski definition) is 3. The third-order valence-corrected chi connectivity index (χ3v) is 4.37. The van der Waals surface area contributed by atoms with E-state index in [1.807, 2.05) is 42.6 Å². The maximum atomic E-state index is 12.0. The van der Waals surface area contributed by atoms with Gasteiger partial charge in [0.25, 0.3) is 0 Å². The van der Waals surface area contributed by atoms with Crippen LogP contribution in [0.1, 0.15) is 18.4 Å². The molecule has 1 aromatic carbocycles. The molecule has 0 radical (unpaired) electrons. The van der Waals surface area contributed by atoms with Gasteiger partial charge in [0.15, 0.2) is 0 Å². The summed E-state index contributed by atoms with van der Waals surface area (Å²) in [6.07, 6.45) is 1.48. The van der Waals surface area contributed by atoms with Crippen molar-refractivity contribution in [3.63, 3.8) is 0 Å². The molecule has 1 aliphatic heterocycles. The van der Waals surface area contributed by atoms with E-state index in [0.717, 1.165) is 29.2 Å². The molecule has 0 atom stereocenters. The number of aryl methyl sites for hydroxylation is 1. The van der Waals surface area contributed by atoms with E-state index in [4.69, 9.17) is 0 Å². The van der Waals surface area contributed by atoms with Gasteiger partial charge < -0.3 is 10.2 Å². The summed E-state index contributed by atoms with van der Waals surface area (Å²) in [5.41, 5.74) is 2.57. The lowest BCUT2D eigenvalue weighted by Gasteiger charge is -2.19. The first-order valence-electron chi connectivity index (χ1n) is 7.16. The summed E-state index contributed by atoms with van der Waals surface area (Å²) < 4.78 is 0. The molecule has 22 heavy (non-hydrogen) atoms. The van der Waals surface area contributed by atoms with Gasteiger partial charge in [0.05, 0.1) is 5.00 Å². The summed E-state index contributed by atoms with van der Waals surface area (Å²) in [6.45, 7) is 2.71. The summed E-state index contributed by atoms with van der Waals surface area (Å²) in [6, 6.07) is 9.04. The van der Waals surface area contributed by atoms with Crippen molar-refractivity contribution in [3.05, 3.63) is 41.3 Å². The van der Waals surface area contributed by atoms with Crippen molar-refractivity contribution in [1.29, 1.82) is 0 Å². The van der Waals surface area contributed by atoms with Gasteiger partial charge in [-0.2, -0.15) is 0 Å². The number of amides is 3. The van der Waals surface area contributed by atoms with Gasteiger partial charge in [0.1, 0.15) is 0 Å². The van der Waals surface area contributed by atoms with Gasteiger partial charge in [-0.3, -0.25) is 10.1 Å². The van der Waals surface area contributed by atoms with Crippen LogP contribution < -0.4 is 15.5 Å². The Balaban J connectivity index is 1.74. The van der Waals surface area contributed by atoms with E-state index in [9.17, 15) is 9.59 Å². The Morgan fingerprint density at radius 3 is 2.82 bits per heavy atom. The molecule has 5 nitrogen and oxygen atoms in total. The van der Waals surface area contributed by atoms with Crippen LogP contribution in [0, 0.1) is 6.92 Å². The quantitative estimate of drug-likeness (QED) is 0.904. The van der Waals surface area contributed by atoms with Gasteiger partial charge in [-0.25, -0.2) is 4.79 Å². The Morgan fingerprint density at radius 1 is 1.27 bits per heavy atom. The SMILES string of the molecule is Cc1ccc(NC(=O)Nc2cccs2)cc1N1CCCC1=O. The van der Waals surface area contributed by atoms with Crippen LogP contribution in [0.25, 0.3) is 0 Å². The van der Waals surface area contributed by atoms with Crippen molar-refractivity contribution >= 4 is 39.7 Å². The predicted molar refractivity (Wildman–Crippen MR) is 89.7 cm³/mol. The van der Waals surface area contributed by atoms with E-state index in [-0.39, 0.29) is 11.9 Å². The maximum Gasteiger partial charge on any atom is 0.324 e. The number of carbonyl (C=O) groups excluding carboxylic acids is 2. The molecule has 2 aromatic rings. The first-order valence-corrected chi connectivity index (χ1v) is 8.04. The van der Waals surface area contributed by atoms with Gasteiger partial charge in [0.2, 0.25) is 5.91 Å². The average Bonchev–Trinajstić information content (AvgIpc) is 3.13. The molecule has 2 N–H and O–H groups in total.